The fourth-order valence-electron chi connectivity index (χ4n) is 0.321. The third kappa shape index (κ3) is 25.6. The maximum atomic E-state index is 2.00. The fourth-order valence-corrected chi connectivity index (χ4v) is 0.321. The predicted octanol–water partition coefficient (Wildman–Crippen LogP) is 2.03. The fraction of sp³-hybridized carbons (Fsp3) is 0.333. The van der Waals surface area contributed by atoms with Crippen molar-refractivity contribution in [2.45, 2.75) is 0 Å². The Labute approximate surface area is 85.0 Å². The summed E-state index contributed by atoms with van der Waals surface area (Å²) < 4.78 is 0. The van der Waals surface area contributed by atoms with E-state index in [-0.39, 0.29) is 28.5 Å². The third-order valence-electron chi connectivity index (χ3n) is 0.556. The zero-order valence-electron chi connectivity index (χ0n) is 7.65. The summed E-state index contributed by atoms with van der Waals surface area (Å²) in [5.41, 5.74) is 0. The molecule has 0 amide bonds. The van der Waals surface area contributed by atoms with Crippen LogP contribution in [0.5, 0.6) is 0 Å². The van der Waals surface area contributed by atoms with E-state index in [0.717, 1.165) is 0 Å². The maximum Gasteiger partial charge on any atom is 0 e. The van der Waals surface area contributed by atoms with Crippen LogP contribution in [0.3, 0.4) is 0 Å². The normalized spacial score (nSPS) is 6.91. The van der Waals surface area contributed by atoms with Crippen LogP contribution in [-0.2, 0) is 21.1 Å². The minimum atomic E-state index is 0. The molecular formula is C9H17NPt-2. The van der Waals surface area contributed by atoms with E-state index in [1.54, 1.807) is 0 Å². The first kappa shape index (κ1) is 17.2. The molecule has 0 N–H and O–H groups in total. The van der Waals surface area contributed by atoms with Gasteiger partial charge in [-0.3, -0.25) is 0 Å². The van der Waals surface area contributed by atoms with Crippen molar-refractivity contribution >= 4 is 0 Å². The summed E-state index contributed by atoms with van der Waals surface area (Å²) in [4.78, 5) is 2.00. The second-order valence-corrected chi connectivity index (χ2v) is 2.30. The van der Waals surface area contributed by atoms with E-state index < -0.39 is 0 Å². The molecule has 0 aromatic heterocycles. The third-order valence-corrected chi connectivity index (χ3v) is 0.556. The van der Waals surface area contributed by atoms with Gasteiger partial charge in [-0.25, -0.2) is 12.1 Å². The van der Waals surface area contributed by atoms with Crippen molar-refractivity contribution in [3.8, 4) is 0 Å². The van der Waals surface area contributed by atoms with E-state index in [1.807, 2.05) is 56.4 Å². The second kappa shape index (κ2) is 12.7. The molecule has 0 atom stereocenters. The van der Waals surface area contributed by atoms with Crippen LogP contribution in [0.4, 0.5) is 0 Å². The van der Waals surface area contributed by atoms with Gasteiger partial charge in [0.25, 0.3) is 0 Å². The van der Waals surface area contributed by atoms with E-state index in [4.69, 9.17) is 0 Å². The van der Waals surface area contributed by atoms with Crippen LogP contribution in [-0.4, -0.2) is 26.0 Å². The quantitative estimate of drug-likeness (QED) is 0.657. The van der Waals surface area contributed by atoms with Crippen molar-refractivity contribution in [1.82, 2.24) is 4.90 Å². The van der Waals surface area contributed by atoms with E-state index in [2.05, 4.69) is 0 Å². The zero-order valence-corrected chi connectivity index (χ0v) is 9.92. The van der Waals surface area contributed by atoms with Gasteiger partial charge < -0.3 is 12.3 Å². The summed E-state index contributed by atoms with van der Waals surface area (Å²) in [6, 6.07) is 10.0. The Morgan fingerprint density at radius 2 is 1.27 bits per heavy atom. The predicted molar refractivity (Wildman–Crippen MR) is 48.1 cm³/mol. The van der Waals surface area contributed by atoms with Crippen LogP contribution in [0.15, 0.2) is 30.3 Å². The van der Waals surface area contributed by atoms with Crippen LogP contribution in [0.25, 0.3) is 0 Å². The first-order valence-corrected chi connectivity index (χ1v) is 3.01. The van der Waals surface area contributed by atoms with Gasteiger partial charge in [0.05, 0.1) is 0 Å². The molecule has 0 fully saturated rings. The van der Waals surface area contributed by atoms with E-state index >= 15 is 0 Å². The SMILES string of the molecule is CN(C)C.[CH3-].[Pt].c1cc[cH-]c1. The molecule has 1 aromatic rings. The first-order valence-electron chi connectivity index (χ1n) is 3.01. The number of hydrogen-bond acceptors (Lipinski definition) is 1. The summed E-state index contributed by atoms with van der Waals surface area (Å²) in [6.07, 6.45) is 0. The molecular weight excluding hydrogens is 317 g/mol. The average Bonchev–Trinajstić information content (AvgIpc) is 2.11. The van der Waals surface area contributed by atoms with Crippen LogP contribution in [0, 0.1) is 7.43 Å². The average molecular weight is 334 g/mol. The Bertz CT molecular complexity index is 93.1. The number of nitrogens with zero attached hydrogens (tertiary/aromatic N) is 1. The van der Waals surface area contributed by atoms with Crippen molar-refractivity contribution < 1.29 is 21.1 Å². The molecule has 1 rings (SSSR count). The van der Waals surface area contributed by atoms with Crippen LogP contribution in [0.2, 0.25) is 0 Å². The van der Waals surface area contributed by atoms with Crippen molar-refractivity contribution in [2.75, 3.05) is 21.1 Å². The monoisotopic (exact) mass is 334 g/mol. The summed E-state index contributed by atoms with van der Waals surface area (Å²) >= 11 is 0. The molecule has 0 saturated heterocycles. The maximum absolute atomic E-state index is 2.00. The molecule has 70 valence electrons. The van der Waals surface area contributed by atoms with Gasteiger partial charge in [-0.15, -0.1) is 0 Å². The van der Waals surface area contributed by atoms with Gasteiger partial charge in [-0.2, -0.15) is 18.2 Å². The zero-order chi connectivity index (χ0) is 7.11. The summed E-state index contributed by atoms with van der Waals surface area (Å²) in [6.45, 7) is 0. The molecule has 0 saturated carbocycles. The molecule has 0 unspecified atom stereocenters. The Hall–Kier alpha value is -0.00169. The van der Waals surface area contributed by atoms with Gasteiger partial charge in [-0.1, -0.05) is 0 Å². The van der Waals surface area contributed by atoms with E-state index in [9.17, 15) is 0 Å². The van der Waals surface area contributed by atoms with Gasteiger partial charge in [-0.05, 0) is 21.1 Å². The summed E-state index contributed by atoms with van der Waals surface area (Å²) in [5, 5.41) is 0. The molecule has 0 aliphatic heterocycles. The second-order valence-electron chi connectivity index (χ2n) is 2.30. The van der Waals surface area contributed by atoms with E-state index in [1.165, 1.54) is 0 Å². The van der Waals surface area contributed by atoms with Gasteiger partial charge in [0, 0.05) is 21.1 Å². The van der Waals surface area contributed by atoms with E-state index in [0.29, 0.717) is 0 Å². The standard InChI is InChI=1S/C5H5.C3H9N.CH3.Pt/c1-2-4-5-3-1;1-4(2)3;;/h1-5H;1-3H3;1H3;/q-1;;-1;. The minimum absolute atomic E-state index is 0. The van der Waals surface area contributed by atoms with Crippen LogP contribution < -0.4 is 0 Å². The Morgan fingerprint density at radius 3 is 1.36 bits per heavy atom. The Balaban J connectivity index is -0.000000101. The molecule has 0 radical (unpaired) electrons. The number of hydrogen-bond donors (Lipinski definition) is 0. The summed E-state index contributed by atoms with van der Waals surface area (Å²) in [5.74, 6) is 0. The number of rotatable bonds is 0. The molecule has 0 bridgehead atoms. The van der Waals surface area contributed by atoms with Gasteiger partial charge in [0.15, 0.2) is 0 Å². The summed E-state index contributed by atoms with van der Waals surface area (Å²) in [7, 11) is 6.00. The Morgan fingerprint density at radius 1 is 1.00 bits per heavy atom. The molecule has 2 heteroatoms. The smallest absolute Gasteiger partial charge is 0 e. The topological polar surface area (TPSA) is 3.24 Å². The van der Waals surface area contributed by atoms with Gasteiger partial charge >= 0.3 is 0 Å². The van der Waals surface area contributed by atoms with Crippen molar-refractivity contribution in [3.63, 3.8) is 0 Å². The molecule has 1 aromatic carbocycles. The minimum Gasteiger partial charge on any atom is -0.358 e. The van der Waals surface area contributed by atoms with Crippen molar-refractivity contribution in [2.24, 2.45) is 0 Å². The molecule has 0 aliphatic rings. The van der Waals surface area contributed by atoms with Gasteiger partial charge in [0.1, 0.15) is 0 Å². The molecule has 0 heterocycles. The largest absolute Gasteiger partial charge is 0.358 e. The molecule has 0 spiro atoms. The molecule has 11 heavy (non-hydrogen) atoms. The van der Waals surface area contributed by atoms with Crippen molar-refractivity contribution in [3.05, 3.63) is 37.8 Å². The van der Waals surface area contributed by atoms with Gasteiger partial charge in [0.2, 0.25) is 0 Å². The van der Waals surface area contributed by atoms with Crippen molar-refractivity contribution in [1.29, 1.82) is 0 Å². The molecule has 1 nitrogen and oxygen atoms in total. The Kier molecular flexibility index (Phi) is 19.8. The first-order chi connectivity index (χ1) is 4.23. The van der Waals surface area contributed by atoms with Crippen LogP contribution >= 0.6 is 0 Å². The molecule has 0 aliphatic carbocycles. The van der Waals surface area contributed by atoms with Crippen LogP contribution in [0.1, 0.15) is 0 Å².